The summed E-state index contributed by atoms with van der Waals surface area (Å²) in [5.41, 5.74) is 0.867. The Hall–Kier alpha value is -0.210. The summed E-state index contributed by atoms with van der Waals surface area (Å²) in [6.45, 7) is 1.87. The second-order valence-corrected chi connectivity index (χ2v) is 2.58. The zero-order valence-corrected chi connectivity index (χ0v) is 6.58. The summed E-state index contributed by atoms with van der Waals surface area (Å²) >= 11 is 9.81. The van der Waals surface area contributed by atoms with Gasteiger partial charge in [-0.05, 0) is 13.0 Å². The zero-order valence-electron chi connectivity index (χ0n) is 4.93. The first-order valence-corrected chi connectivity index (χ1v) is 3.34. The molecule has 0 fully saturated rings. The van der Waals surface area contributed by atoms with Gasteiger partial charge in [-0.2, -0.15) is 0 Å². The number of pyridine rings is 1. The minimum absolute atomic E-state index is 0.658. The fourth-order valence-electron chi connectivity index (χ4n) is 0.527. The minimum Gasteiger partial charge on any atom is -0.260 e. The van der Waals surface area contributed by atoms with Gasteiger partial charge >= 0.3 is 0 Å². The van der Waals surface area contributed by atoms with Crippen molar-refractivity contribution in [3.63, 3.8) is 0 Å². The van der Waals surface area contributed by atoms with Crippen molar-refractivity contribution in [1.82, 2.24) is 4.98 Å². The van der Waals surface area contributed by atoms with Gasteiger partial charge in [-0.25, -0.2) is 0 Å². The highest BCUT2D eigenvalue weighted by Gasteiger charge is 1.96. The molecule has 9 heavy (non-hydrogen) atoms. The Balaban J connectivity index is 3.25. The number of aromatic nitrogens is 1. The van der Waals surface area contributed by atoms with E-state index >= 15 is 0 Å². The number of rotatable bonds is 0. The molecule has 1 aromatic rings. The lowest BCUT2D eigenvalue weighted by molar-refractivity contribution is 1.12. The van der Waals surface area contributed by atoms with Gasteiger partial charge in [-0.3, -0.25) is 4.98 Å². The van der Waals surface area contributed by atoms with E-state index in [2.05, 4.69) is 17.6 Å². The molecule has 1 heterocycles. The van der Waals surface area contributed by atoms with Crippen LogP contribution in [0.15, 0.2) is 17.2 Å². The summed E-state index contributed by atoms with van der Waals surface area (Å²) < 4.78 is 0. The van der Waals surface area contributed by atoms with E-state index < -0.39 is 0 Å². The van der Waals surface area contributed by atoms with E-state index in [1.807, 2.05) is 6.92 Å². The monoisotopic (exact) mass is 159 g/mol. The summed E-state index contributed by atoms with van der Waals surface area (Å²) in [6, 6.07) is 1.72. The van der Waals surface area contributed by atoms with E-state index in [0.29, 0.717) is 5.02 Å². The van der Waals surface area contributed by atoms with Crippen molar-refractivity contribution < 1.29 is 0 Å². The average Bonchev–Trinajstić information content (AvgIpc) is 1.83. The Kier molecular flexibility index (Phi) is 1.98. The first-order chi connectivity index (χ1) is 4.22. The topological polar surface area (TPSA) is 12.9 Å². The van der Waals surface area contributed by atoms with Crippen molar-refractivity contribution in [2.45, 2.75) is 11.8 Å². The number of hydrogen-bond acceptors (Lipinski definition) is 2. The van der Waals surface area contributed by atoms with Gasteiger partial charge in [-0.15, -0.1) is 12.6 Å². The molecule has 0 aromatic carbocycles. The molecule has 0 aliphatic carbocycles. The summed E-state index contributed by atoms with van der Waals surface area (Å²) in [5.74, 6) is 0. The van der Waals surface area contributed by atoms with E-state index in [9.17, 15) is 0 Å². The summed E-state index contributed by atoms with van der Waals surface area (Å²) in [4.78, 5) is 4.74. The van der Waals surface area contributed by atoms with Crippen molar-refractivity contribution in [3.8, 4) is 0 Å². The van der Waals surface area contributed by atoms with Gasteiger partial charge in [0.2, 0.25) is 0 Å². The molecule has 3 heteroatoms. The zero-order chi connectivity index (χ0) is 6.85. The minimum atomic E-state index is 0.658. The van der Waals surface area contributed by atoms with E-state index in [4.69, 9.17) is 11.6 Å². The Morgan fingerprint density at radius 2 is 2.33 bits per heavy atom. The largest absolute Gasteiger partial charge is 0.260 e. The maximum Gasteiger partial charge on any atom is 0.0572 e. The van der Waals surface area contributed by atoms with E-state index in [0.717, 1.165) is 10.6 Å². The highest BCUT2D eigenvalue weighted by Crippen LogP contribution is 2.20. The predicted molar refractivity (Wildman–Crippen MR) is 41.2 cm³/mol. The van der Waals surface area contributed by atoms with Crippen molar-refractivity contribution in [3.05, 3.63) is 23.0 Å². The molecule has 0 aliphatic heterocycles. The molecule has 1 aromatic heterocycles. The van der Waals surface area contributed by atoms with E-state index in [-0.39, 0.29) is 0 Å². The normalized spacial score (nSPS) is 9.67. The van der Waals surface area contributed by atoms with Crippen molar-refractivity contribution >= 4 is 24.2 Å². The van der Waals surface area contributed by atoms with Crippen LogP contribution in [0.5, 0.6) is 0 Å². The summed E-state index contributed by atoms with van der Waals surface area (Å²) in [7, 11) is 0. The molecule has 0 unspecified atom stereocenters. The van der Waals surface area contributed by atoms with Gasteiger partial charge in [0.05, 0.1) is 10.7 Å². The summed E-state index contributed by atoms with van der Waals surface area (Å²) in [5, 5.41) is 0.658. The van der Waals surface area contributed by atoms with Gasteiger partial charge < -0.3 is 0 Å². The SMILES string of the molecule is Cc1nccc(Cl)c1S. The van der Waals surface area contributed by atoms with Crippen LogP contribution in [0.4, 0.5) is 0 Å². The smallest absolute Gasteiger partial charge is 0.0572 e. The third-order valence-corrected chi connectivity index (χ3v) is 2.07. The maximum absolute atomic E-state index is 5.70. The molecule has 0 saturated heterocycles. The number of thiol groups is 1. The Morgan fingerprint density at radius 1 is 1.67 bits per heavy atom. The quantitative estimate of drug-likeness (QED) is 0.574. The van der Waals surface area contributed by atoms with Crippen LogP contribution in [-0.4, -0.2) is 4.98 Å². The highest BCUT2D eigenvalue weighted by molar-refractivity contribution is 7.80. The molecule has 0 N–H and O–H groups in total. The highest BCUT2D eigenvalue weighted by atomic mass is 35.5. The lowest BCUT2D eigenvalue weighted by atomic mass is 10.4. The average molecular weight is 160 g/mol. The Bertz CT molecular complexity index is 204. The molecular formula is C6H6ClNS. The van der Waals surface area contributed by atoms with Gasteiger partial charge in [0.15, 0.2) is 0 Å². The Labute approximate surface area is 64.5 Å². The fraction of sp³-hybridized carbons (Fsp3) is 0.167. The predicted octanol–water partition coefficient (Wildman–Crippen LogP) is 2.33. The molecule has 0 atom stereocenters. The first kappa shape index (κ1) is 6.90. The number of aryl methyl sites for hydroxylation is 1. The molecule has 1 nitrogen and oxygen atoms in total. The lowest BCUT2D eigenvalue weighted by Crippen LogP contribution is -1.81. The number of halogens is 1. The van der Waals surface area contributed by atoms with Crippen LogP contribution in [0.1, 0.15) is 5.69 Å². The molecule has 0 aliphatic rings. The fourth-order valence-corrected chi connectivity index (χ4v) is 0.853. The molecule has 1 rings (SSSR count). The van der Waals surface area contributed by atoms with Crippen LogP contribution >= 0.6 is 24.2 Å². The van der Waals surface area contributed by atoms with Crippen molar-refractivity contribution in [1.29, 1.82) is 0 Å². The molecule has 0 radical (unpaired) electrons. The standard InChI is InChI=1S/C6H6ClNS/c1-4-6(9)5(7)2-3-8-4/h2-3,9H,1H3. The van der Waals surface area contributed by atoms with E-state index in [1.54, 1.807) is 12.3 Å². The molecule has 48 valence electrons. The summed E-state index contributed by atoms with van der Waals surface area (Å²) in [6.07, 6.45) is 1.66. The van der Waals surface area contributed by atoms with Crippen molar-refractivity contribution in [2.24, 2.45) is 0 Å². The molecular weight excluding hydrogens is 154 g/mol. The molecule has 0 spiro atoms. The van der Waals surface area contributed by atoms with Gasteiger partial charge in [0.25, 0.3) is 0 Å². The number of hydrogen-bond donors (Lipinski definition) is 1. The van der Waals surface area contributed by atoms with E-state index in [1.165, 1.54) is 0 Å². The van der Waals surface area contributed by atoms with Crippen LogP contribution in [0, 0.1) is 6.92 Å². The van der Waals surface area contributed by atoms with Crippen LogP contribution in [-0.2, 0) is 0 Å². The van der Waals surface area contributed by atoms with Crippen LogP contribution in [0.3, 0.4) is 0 Å². The second-order valence-electron chi connectivity index (χ2n) is 1.73. The Morgan fingerprint density at radius 3 is 2.78 bits per heavy atom. The van der Waals surface area contributed by atoms with Gasteiger partial charge in [0, 0.05) is 11.1 Å². The maximum atomic E-state index is 5.70. The first-order valence-electron chi connectivity index (χ1n) is 2.52. The third-order valence-electron chi connectivity index (χ3n) is 1.06. The molecule has 0 amide bonds. The van der Waals surface area contributed by atoms with Crippen LogP contribution in [0.25, 0.3) is 0 Å². The van der Waals surface area contributed by atoms with Crippen LogP contribution in [0.2, 0.25) is 5.02 Å². The third kappa shape index (κ3) is 1.37. The van der Waals surface area contributed by atoms with Gasteiger partial charge in [0.1, 0.15) is 0 Å². The second kappa shape index (κ2) is 2.58. The van der Waals surface area contributed by atoms with Gasteiger partial charge in [-0.1, -0.05) is 11.6 Å². The number of nitrogens with zero attached hydrogens (tertiary/aromatic N) is 1. The molecule has 0 saturated carbocycles. The van der Waals surface area contributed by atoms with Crippen molar-refractivity contribution in [2.75, 3.05) is 0 Å². The van der Waals surface area contributed by atoms with Crippen LogP contribution < -0.4 is 0 Å². The lowest BCUT2D eigenvalue weighted by Gasteiger charge is -1.96. The molecule has 0 bridgehead atoms.